The van der Waals surface area contributed by atoms with Gasteiger partial charge in [-0.15, -0.1) is 0 Å². The van der Waals surface area contributed by atoms with Crippen molar-refractivity contribution in [3.63, 3.8) is 0 Å². The van der Waals surface area contributed by atoms with Gasteiger partial charge in [0.1, 0.15) is 0 Å². The van der Waals surface area contributed by atoms with Gasteiger partial charge < -0.3 is 10.4 Å². The molecule has 1 unspecified atom stereocenters. The molecule has 25 heavy (non-hydrogen) atoms. The summed E-state index contributed by atoms with van der Waals surface area (Å²) in [6.45, 7) is 7.30. The summed E-state index contributed by atoms with van der Waals surface area (Å²) in [5.41, 5.74) is 3.61. The summed E-state index contributed by atoms with van der Waals surface area (Å²) in [7, 11) is 0. The lowest BCUT2D eigenvalue weighted by molar-refractivity contribution is 0.0915. The van der Waals surface area contributed by atoms with Crippen molar-refractivity contribution in [2.45, 2.75) is 52.2 Å². The molecule has 5 nitrogen and oxygen atoms in total. The predicted molar refractivity (Wildman–Crippen MR) is 97.5 cm³/mol. The Bertz CT molecular complexity index is 747. The first-order valence-electron chi connectivity index (χ1n) is 9.04. The van der Waals surface area contributed by atoms with Crippen molar-refractivity contribution in [3.8, 4) is 0 Å². The summed E-state index contributed by atoms with van der Waals surface area (Å²) < 4.78 is 1.98. The molecule has 2 aromatic rings. The fourth-order valence-corrected chi connectivity index (χ4v) is 3.13. The average molecular weight is 341 g/mol. The molecule has 0 saturated heterocycles. The number of carbonyl (C=O) groups excluding carboxylic acids is 1. The van der Waals surface area contributed by atoms with Gasteiger partial charge in [0.15, 0.2) is 0 Å². The normalized spacial score (nSPS) is 15.4. The molecule has 0 radical (unpaired) electrons. The zero-order valence-corrected chi connectivity index (χ0v) is 15.2. The number of rotatable bonds is 7. The molecule has 0 aliphatic heterocycles. The van der Waals surface area contributed by atoms with Gasteiger partial charge in [-0.1, -0.05) is 43.7 Å². The molecule has 1 aromatic carbocycles. The third kappa shape index (κ3) is 4.28. The molecule has 1 fully saturated rings. The molecule has 1 aliphatic rings. The SMILES string of the molecule is Cc1cccc(C(O)CNC(=O)c2cnn(CC(C)C)c2C2CC2)c1. The minimum atomic E-state index is -0.709. The second-order valence-electron chi connectivity index (χ2n) is 7.43. The fourth-order valence-electron chi connectivity index (χ4n) is 3.13. The van der Waals surface area contributed by atoms with E-state index in [9.17, 15) is 9.90 Å². The lowest BCUT2D eigenvalue weighted by atomic mass is 10.1. The third-order valence-electron chi connectivity index (χ3n) is 4.51. The molecule has 5 heteroatoms. The number of aryl methyl sites for hydroxylation is 1. The fraction of sp³-hybridized carbons (Fsp3) is 0.500. The van der Waals surface area contributed by atoms with Crippen molar-refractivity contribution < 1.29 is 9.90 Å². The molecule has 1 aromatic heterocycles. The highest BCUT2D eigenvalue weighted by Crippen LogP contribution is 2.41. The Kier molecular flexibility index (Phi) is 5.23. The highest BCUT2D eigenvalue weighted by atomic mass is 16.3. The van der Waals surface area contributed by atoms with Crippen LogP contribution in [-0.2, 0) is 6.54 Å². The van der Waals surface area contributed by atoms with Crippen LogP contribution in [0.3, 0.4) is 0 Å². The van der Waals surface area contributed by atoms with Gasteiger partial charge in [0, 0.05) is 19.0 Å². The van der Waals surface area contributed by atoms with E-state index >= 15 is 0 Å². The summed E-state index contributed by atoms with van der Waals surface area (Å²) >= 11 is 0. The van der Waals surface area contributed by atoms with Crippen LogP contribution in [0, 0.1) is 12.8 Å². The summed E-state index contributed by atoms with van der Waals surface area (Å²) in [5.74, 6) is 0.781. The maximum absolute atomic E-state index is 12.6. The zero-order chi connectivity index (χ0) is 18.0. The molecule has 2 N–H and O–H groups in total. The molecule has 1 amide bonds. The van der Waals surface area contributed by atoms with Gasteiger partial charge >= 0.3 is 0 Å². The maximum atomic E-state index is 12.6. The highest BCUT2D eigenvalue weighted by Gasteiger charge is 2.32. The summed E-state index contributed by atoms with van der Waals surface area (Å²) in [5, 5.41) is 17.6. The minimum Gasteiger partial charge on any atom is -0.387 e. The van der Waals surface area contributed by atoms with E-state index in [4.69, 9.17) is 0 Å². The molecule has 0 spiro atoms. The Morgan fingerprint density at radius 3 is 2.80 bits per heavy atom. The first-order chi connectivity index (χ1) is 12.0. The van der Waals surface area contributed by atoms with Gasteiger partial charge in [-0.3, -0.25) is 9.48 Å². The lowest BCUT2D eigenvalue weighted by Crippen LogP contribution is -2.29. The largest absolute Gasteiger partial charge is 0.387 e. The van der Waals surface area contributed by atoms with Crippen LogP contribution >= 0.6 is 0 Å². The number of hydrogen-bond acceptors (Lipinski definition) is 3. The monoisotopic (exact) mass is 341 g/mol. The summed E-state index contributed by atoms with van der Waals surface area (Å²) in [4.78, 5) is 12.6. The number of hydrogen-bond donors (Lipinski definition) is 2. The van der Waals surface area contributed by atoms with Crippen LogP contribution in [0.2, 0.25) is 0 Å². The Balaban J connectivity index is 1.68. The van der Waals surface area contributed by atoms with Crippen LogP contribution in [0.5, 0.6) is 0 Å². The Morgan fingerprint density at radius 1 is 1.40 bits per heavy atom. The highest BCUT2D eigenvalue weighted by molar-refractivity contribution is 5.95. The Labute approximate surface area is 149 Å². The van der Waals surface area contributed by atoms with Crippen molar-refractivity contribution in [2.24, 2.45) is 5.92 Å². The number of carbonyl (C=O) groups is 1. The number of aliphatic hydroxyl groups excluding tert-OH is 1. The van der Waals surface area contributed by atoms with Crippen molar-refractivity contribution >= 4 is 5.91 Å². The lowest BCUT2D eigenvalue weighted by Gasteiger charge is -2.14. The zero-order valence-electron chi connectivity index (χ0n) is 15.2. The van der Waals surface area contributed by atoms with Crippen LogP contribution in [0.4, 0.5) is 0 Å². The van der Waals surface area contributed by atoms with E-state index in [2.05, 4.69) is 24.3 Å². The van der Waals surface area contributed by atoms with E-state index in [1.54, 1.807) is 6.20 Å². The molecule has 0 bridgehead atoms. The smallest absolute Gasteiger partial charge is 0.254 e. The first kappa shape index (κ1) is 17.7. The molecule has 1 saturated carbocycles. The standard InChI is InChI=1S/C20H27N3O2/c1-13(2)12-23-19(15-7-8-15)17(10-22-23)20(25)21-11-18(24)16-6-4-5-14(3)9-16/h4-6,9-10,13,15,18,24H,7-8,11-12H2,1-3H3,(H,21,25). The van der Waals surface area contributed by atoms with E-state index in [0.717, 1.165) is 36.2 Å². The van der Waals surface area contributed by atoms with Crippen LogP contribution in [-0.4, -0.2) is 27.3 Å². The van der Waals surface area contributed by atoms with Gasteiger partial charge in [-0.05, 0) is 31.2 Å². The van der Waals surface area contributed by atoms with E-state index in [1.807, 2.05) is 35.9 Å². The minimum absolute atomic E-state index is 0.149. The maximum Gasteiger partial charge on any atom is 0.254 e. The molecular formula is C20H27N3O2. The second kappa shape index (κ2) is 7.40. The van der Waals surface area contributed by atoms with Crippen molar-refractivity contribution in [1.29, 1.82) is 0 Å². The third-order valence-corrected chi connectivity index (χ3v) is 4.51. The molecule has 1 heterocycles. The van der Waals surface area contributed by atoms with Gasteiger partial charge in [-0.2, -0.15) is 5.10 Å². The summed E-state index contributed by atoms with van der Waals surface area (Å²) in [6.07, 6.45) is 3.20. The quantitative estimate of drug-likeness (QED) is 0.813. The number of amides is 1. The number of benzene rings is 1. The summed E-state index contributed by atoms with van der Waals surface area (Å²) in [6, 6.07) is 7.71. The van der Waals surface area contributed by atoms with E-state index in [1.165, 1.54) is 0 Å². The average Bonchev–Trinajstić information content (AvgIpc) is 3.32. The van der Waals surface area contributed by atoms with Crippen LogP contribution in [0.1, 0.15) is 65.9 Å². The molecule has 3 rings (SSSR count). The van der Waals surface area contributed by atoms with Gasteiger partial charge in [0.2, 0.25) is 0 Å². The van der Waals surface area contributed by atoms with E-state index in [-0.39, 0.29) is 12.5 Å². The predicted octanol–water partition coefficient (Wildman–Crippen LogP) is 3.19. The van der Waals surface area contributed by atoms with Crippen molar-refractivity contribution in [3.05, 3.63) is 52.8 Å². The first-order valence-corrected chi connectivity index (χ1v) is 9.04. The van der Waals surface area contributed by atoms with Crippen LogP contribution in [0.15, 0.2) is 30.5 Å². The molecule has 1 aliphatic carbocycles. The molecule has 1 atom stereocenters. The van der Waals surface area contributed by atoms with Crippen LogP contribution in [0.25, 0.3) is 0 Å². The second-order valence-corrected chi connectivity index (χ2v) is 7.43. The topological polar surface area (TPSA) is 67.2 Å². The Morgan fingerprint density at radius 2 is 2.16 bits per heavy atom. The number of nitrogens with one attached hydrogen (secondary N) is 1. The van der Waals surface area contributed by atoms with E-state index < -0.39 is 6.10 Å². The molecular weight excluding hydrogens is 314 g/mol. The Hall–Kier alpha value is -2.14. The molecule has 134 valence electrons. The van der Waals surface area contributed by atoms with Gasteiger partial charge in [-0.25, -0.2) is 0 Å². The van der Waals surface area contributed by atoms with Crippen LogP contribution < -0.4 is 5.32 Å². The van der Waals surface area contributed by atoms with Crippen molar-refractivity contribution in [2.75, 3.05) is 6.54 Å². The van der Waals surface area contributed by atoms with Gasteiger partial charge in [0.05, 0.1) is 23.6 Å². The number of nitrogens with zero attached hydrogens (tertiary/aromatic N) is 2. The number of aliphatic hydroxyl groups is 1. The van der Waals surface area contributed by atoms with Crippen molar-refractivity contribution in [1.82, 2.24) is 15.1 Å². The number of aromatic nitrogens is 2. The van der Waals surface area contributed by atoms with E-state index in [0.29, 0.717) is 17.4 Å². The van der Waals surface area contributed by atoms with Gasteiger partial charge in [0.25, 0.3) is 5.91 Å².